The molecule has 1 aromatic carbocycles. The number of aryl methyl sites for hydroxylation is 2. The van der Waals surface area contributed by atoms with Gasteiger partial charge in [0.2, 0.25) is 5.91 Å². The van der Waals surface area contributed by atoms with Crippen molar-refractivity contribution in [3.63, 3.8) is 0 Å². The van der Waals surface area contributed by atoms with Crippen LogP contribution in [0.3, 0.4) is 0 Å². The minimum atomic E-state index is -0.266. The summed E-state index contributed by atoms with van der Waals surface area (Å²) in [7, 11) is 0. The van der Waals surface area contributed by atoms with Crippen molar-refractivity contribution >= 4 is 18.3 Å². The Kier molecular flexibility index (Phi) is 8.51. The molecule has 0 aliphatic carbocycles. The normalized spacial score (nSPS) is 10.8. The Morgan fingerprint density at radius 3 is 2.40 bits per heavy atom. The average molecular weight is 299 g/mol. The fraction of sp³-hybridized carbons (Fsp3) is 0.562. The Morgan fingerprint density at radius 1 is 1.25 bits per heavy atom. The van der Waals surface area contributed by atoms with Crippen molar-refractivity contribution in [1.29, 1.82) is 0 Å². The van der Waals surface area contributed by atoms with Gasteiger partial charge >= 0.3 is 0 Å². The van der Waals surface area contributed by atoms with E-state index in [1.807, 2.05) is 12.1 Å². The molecule has 0 atom stereocenters. The summed E-state index contributed by atoms with van der Waals surface area (Å²) in [4.78, 5) is 11.8. The van der Waals surface area contributed by atoms with Crippen molar-refractivity contribution < 1.29 is 4.79 Å². The van der Waals surface area contributed by atoms with E-state index in [4.69, 9.17) is 5.73 Å². The second-order valence-electron chi connectivity index (χ2n) is 5.27. The van der Waals surface area contributed by atoms with Crippen LogP contribution in [0.1, 0.15) is 44.2 Å². The number of halogens is 1. The summed E-state index contributed by atoms with van der Waals surface area (Å²) in [6, 6.07) is 8.18. The molecule has 0 unspecified atom stereocenters. The molecule has 1 rings (SSSR count). The van der Waals surface area contributed by atoms with Gasteiger partial charge in [0.25, 0.3) is 0 Å². The average Bonchev–Trinajstić information content (AvgIpc) is 2.44. The number of benzene rings is 1. The van der Waals surface area contributed by atoms with E-state index in [0.29, 0.717) is 13.0 Å². The monoisotopic (exact) mass is 298 g/mol. The van der Waals surface area contributed by atoms with Gasteiger partial charge in [-0.2, -0.15) is 0 Å². The van der Waals surface area contributed by atoms with E-state index in [9.17, 15) is 4.79 Å². The molecule has 0 aliphatic rings. The molecule has 0 aromatic heterocycles. The first-order chi connectivity index (χ1) is 9.00. The summed E-state index contributed by atoms with van der Waals surface area (Å²) in [5.41, 5.74) is 8.38. The Balaban J connectivity index is 0.00000361. The molecule has 0 heterocycles. The highest BCUT2D eigenvalue weighted by Gasteiger charge is 2.20. The maximum absolute atomic E-state index is 11.8. The summed E-state index contributed by atoms with van der Waals surface area (Å²) in [5, 5.41) is 2.95. The maximum atomic E-state index is 11.8. The van der Waals surface area contributed by atoms with Crippen LogP contribution in [0.4, 0.5) is 0 Å². The summed E-state index contributed by atoms with van der Waals surface area (Å²) in [6.45, 7) is 6.75. The highest BCUT2D eigenvalue weighted by molar-refractivity contribution is 5.85. The second kappa shape index (κ2) is 8.98. The first kappa shape index (κ1) is 18.9. The Morgan fingerprint density at radius 2 is 1.85 bits per heavy atom. The molecule has 1 amide bonds. The number of carbonyl (C=O) groups is 1. The molecular weight excluding hydrogens is 272 g/mol. The van der Waals surface area contributed by atoms with Gasteiger partial charge in [0, 0.05) is 18.5 Å². The molecule has 4 heteroatoms. The van der Waals surface area contributed by atoms with E-state index < -0.39 is 0 Å². The van der Waals surface area contributed by atoms with Crippen LogP contribution < -0.4 is 11.1 Å². The van der Waals surface area contributed by atoms with Gasteiger partial charge in [0.15, 0.2) is 0 Å². The van der Waals surface area contributed by atoms with Crippen molar-refractivity contribution in [2.75, 3.05) is 6.54 Å². The minimum Gasteiger partial charge on any atom is -0.354 e. The van der Waals surface area contributed by atoms with E-state index in [1.54, 1.807) is 0 Å². The third-order valence-electron chi connectivity index (χ3n) is 3.93. The zero-order chi connectivity index (χ0) is 14.3. The molecule has 3 N–H and O–H groups in total. The lowest BCUT2D eigenvalue weighted by atomic mass is 9.94. The lowest BCUT2D eigenvalue weighted by Gasteiger charge is -2.26. The van der Waals surface area contributed by atoms with Crippen LogP contribution >= 0.6 is 12.4 Å². The molecule has 0 spiro atoms. The van der Waals surface area contributed by atoms with Crippen LogP contribution in [-0.4, -0.2) is 18.0 Å². The van der Waals surface area contributed by atoms with Crippen molar-refractivity contribution in [3.05, 3.63) is 35.4 Å². The van der Waals surface area contributed by atoms with E-state index in [0.717, 1.165) is 19.3 Å². The summed E-state index contributed by atoms with van der Waals surface area (Å²) < 4.78 is 0. The van der Waals surface area contributed by atoms with Gasteiger partial charge in [0.1, 0.15) is 0 Å². The molecular formula is C16H27ClN2O. The lowest BCUT2D eigenvalue weighted by Crippen LogP contribution is -2.49. The topological polar surface area (TPSA) is 55.1 Å². The van der Waals surface area contributed by atoms with Crippen LogP contribution in [0.15, 0.2) is 24.3 Å². The zero-order valence-corrected chi connectivity index (χ0v) is 13.6. The smallest absolute Gasteiger partial charge is 0.220 e. The second-order valence-corrected chi connectivity index (χ2v) is 5.27. The standard InChI is InChI=1S/C16H26N2O.ClH/c1-4-16(17,5-2)12-18-15(19)11-10-14-9-7-6-8-13(14)3;/h6-9H,4-5,10-12,17H2,1-3H3,(H,18,19);1H. The van der Waals surface area contributed by atoms with Gasteiger partial charge in [0.05, 0.1) is 0 Å². The highest BCUT2D eigenvalue weighted by Crippen LogP contribution is 2.11. The Hall–Kier alpha value is -1.06. The molecule has 0 saturated heterocycles. The molecule has 0 saturated carbocycles. The quantitative estimate of drug-likeness (QED) is 0.813. The molecule has 0 bridgehead atoms. The van der Waals surface area contributed by atoms with E-state index in [1.165, 1.54) is 11.1 Å². The van der Waals surface area contributed by atoms with Gasteiger partial charge in [-0.3, -0.25) is 4.79 Å². The number of rotatable bonds is 7. The van der Waals surface area contributed by atoms with Crippen LogP contribution in [-0.2, 0) is 11.2 Å². The van der Waals surface area contributed by atoms with Gasteiger partial charge in [-0.1, -0.05) is 38.1 Å². The van der Waals surface area contributed by atoms with Crippen LogP contribution in [0, 0.1) is 6.92 Å². The third kappa shape index (κ3) is 5.93. The summed E-state index contributed by atoms with van der Waals surface area (Å²) in [5.74, 6) is 0.0833. The molecule has 3 nitrogen and oxygen atoms in total. The van der Waals surface area contributed by atoms with E-state index >= 15 is 0 Å². The molecule has 114 valence electrons. The molecule has 0 fully saturated rings. The summed E-state index contributed by atoms with van der Waals surface area (Å²) >= 11 is 0. The molecule has 0 aliphatic heterocycles. The maximum Gasteiger partial charge on any atom is 0.220 e. The number of nitrogens with one attached hydrogen (secondary N) is 1. The number of amides is 1. The van der Waals surface area contributed by atoms with E-state index in [-0.39, 0.29) is 23.9 Å². The Bertz CT molecular complexity index is 417. The predicted octanol–water partition coefficient (Wildman–Crippen LogP) is 2.98. The Labute approximate surface area is 128 Å². The third-order valence-corrected chi connectivity index (χ3v) is 3.93. The fourth-order valence-corrected chi connectivity index (χ4v) is 2.00. The minimum absolute atomic E-state index is 0. The van der Waals surface area contributed by atoms with Crippen molar-refractivity contribution in [2.24, 2.45) is 5.73 Å². The van der Waals surface area contributed by atoms with E-state index in [2.05, 4.69) is 38.2 Å². The van der Waals surface area contributed by atoms with Gasteiger partial charge < -0.3 is 11.1 Å². The number of nitrogens with two attached hydrogens (primary N) is 1. The first-order valence-corrected chi connectivity index (χ1v) is 7.11. The largest absolute Gasteiger partial charge is 0.354 e. The number of hydrogen-bond donors (Lipinski definition) is 2. The SMILES string of the molecule is CCC(N)(CC)CNC(=O)CCc1ccccc1C.Cl. The van der Waals surface area contributed by atoms with Gasteiger partial charge in [-0.25, -0.2) is 0 Å². The zero-order valence-electron chi connectivity index (χ0n) is 12.7. The number of hydrogen-bond acceptors (Lipinski definition) is 2. The van der Waals surface area contributed by atoms with Crippen LogP contribution in [0.2, 0.25) is 0 Å². The highest BCUT2D eigenvalue weighted by atomic mass is 35.5. The van der Waals surface area contributed by atoms with Crippen LogP contribution in [0.25, 0.3) is 0 Å². The van der Waals surface area contributed by atoms with Crippen LogP contribution in [0.5, 0.6) is 0 Å². The molecule has 1 aromatic rings. The number of carbonyl (C=O) groups excluding carboxylic acids is 1. The van der Waals surface area contributed by atoms with Gasteiger partial charge in [-0.05, 0) is 37.3 Å². The first-order valence-electron chi connectivity index (χ1n) is 7.11. The molecule has 0 radical (unpaired) electrons. The lowest BCUT2D eigenvalue weighted by molar-refractivity contribution is -0.121. The van der Waals surface area contributed by atoms with Crippen molar-refractivity contribution in [3.8, 4) is 0 Å². The van der Waals surface area contributed by atoms with Crippen molar-refractivity contribution in [2.45, 2.75) is 52.0 Å². The van der Waals surface area contributed by atoms with Crippen molar-refractivity contribution in [1.82, 2.24) is 5.32 Å². The van der Waals surface area contributed by atoms with Gasteiger partial charge in [-0.15, -0.1) is 12.4 Å². The fourth-order valence-electron chi connectivity index (χ4n) is 2.00. The molecule has 20 heavy (non-hydrogen) atoms. The predicted molar refractivity (Wildman–Crippen MR) is 87.3 cm³/mol. The summed E-state index contributed by atoms with van der Waals surface area (Å²) in [6.07, 6.45) is 3.06.